The van der Waals surface area contributed by atoms with Gasteiger partial charge in [-0.1, -0.05) is 18.9 Å². The van der Waals surface area contributed by atoms with Crippen LogP contribution < -0.4 is 9.80 Å². The third kappa shape index (κ3) is 3.64. The molecule has 0 bridgehead atoms. The maximum absolute atomic E-state index is 5.55. The van der Waals surface area contributed by atoms with Gasteiger partial charge < -0.3 is 14.2 Å². The summed E-state index contributed by atoms with van der Waals surface area (Å²) in [5.74, 6) is 2.14. The Balaban J connectivity index is 1.35. The first-order chi connectivity index (χ1) is 13.9. The summed E-state index contributed by atoms with van der Waals surface area (Å²) in [6.07, 6.45) is 6.74. The normalized spacial score (nSPS) is 24.6. The first kappa shape index (κ1) is 18.0. The fourth-order valence-corrected chi connectivity index (χ4v) is 5.70. The van der Waals surface area contributed by atoms with E-state index < -0.39 is 0 Å². The molecule has 1 saturated heterocycles. The molecule has 28 heavy (non-hydrogen) atoms. The van der Waals surface area contributed by atoms with Crippen LogP contribution in [-0.4, -0.2) is 46.4 Å². The van der Waals surface area contributed by atoms with Crippen LogP contribution in [0.25, 0.3) is 0 Å². The first-order valence-corrected chi connectivity index (χ1v) is 11.3. The van der Waals surface area contributed by atoms with Gasteiger partial charge in [-0.2, -0.15) is 0 Å². The number of tetrazole rings is 1. The SMILES string of the molecule is c1coc(C[NH+]2CC[NH+]([C@@H](c3cccs3)c3nnnn3C3CCCC3)CC2)c1. The molecule has 8 heteroatoms. The van der Waals surface area contributed by atoms with Gasteiger partial charge in [0, 0.05) is 0 Å². The number of thiophene rings is 1. The van der Waals surface area contributed by atoms with E-state index in [1.54, 1.807) is 16.1 Å². The molecule has 148 valence electrons. The van der Waals surface area contributed by atoms with Gasteiger partial charge >= 0.3 is 0 Å². The second-order valence-corrected chi connectivity index (χ2v) is 9.01. The van der Waals surface area contributed by atoms with Crippen molar-refractivity contribution in [3.05, 3.63) is 52.4 Å². The van der Waals surface area contributed by atoms with E-state index in [0.717, 1.165) is 44.3 Å². The lowest BCUT2D eigenvalue weighted by molar-refractivity contribution is -1.03. The summed E-state index contributed by atoms with van der Waals surface area (Å²) in [6.45, 7) is 5.50. The number of nitrogens with zero attached hydrogens (tertiary/aromatic N) is 4. The van der Waals surface area contributed by atoms with Crippen molar-refractivity contribution in [2.45, 2.75) is 44.3 Å². The van der Waals surface area contributed by atoms with Gasteiger partial charge in [-0.3, -0.25) is 0 Å². The molecule has 0 spiro atoms. The van der Waals surface area contributed by atoms with Gasteiger partial charge in [-0.15, -0.1) is 16.4 Å². The molecule has 2 fully saturated rings. The van der Waals surface area contributed by atoms with Crippen LogP contribution in [0, 0.1) is 0 Å². The van der Waals surface area contributed by atoms with Crippen LogP contribution in [0.3, 0.4) is 0 Å². The summed E-state index contributed by atoms with van der Waals surface area (Å²) in [4.78, 5) is 4.55. The van der Waals surface area contributed by atoms with Crippen LogP contribution in [0.5, 0.6) is 0 Å². The molecular formula is C20H28N6OS+2. The van der Waals surface area contributed by atoms with Crippen molar-refractivity contribution in [2.75, 3.05) is 26.2 Å². The molecule has 1 atom stereocenters. The van der Waals surface area contributed by atoms with Crippen LogP contribution >= 0.6 is 11.3 Å². The number of furan rings is 1. The molecule has 0 aromatic carbocycles. The fourth-order valence-electron chi connectivity index (χ4n) is 4.82. The van der Waals surface area contributed by atoms with Gasteiger partial charge in [0.15, 0.2) is 11.8 Å². The van der Waals surface area contributed by atoms with Gasteiger partial charge in [0.2, 0.25) is 5.82 Å². The van der Waals surface area contributed by atoms with Crippen molar-refractivity contribution in [1.29, 1.82) is 0 Å². The predicted octanol–water partition coefficient (Wildman–Crippen LogP) is 0.516. The Bertz CT molecular complexity index is 847. The van der Waals surface area contributed by atoms with Gasteiger partial charge in [0.1, 0.15) is 32.7 Å². The van der Waals surface area contributed by atoms with Crippen molar-refractivity contribution in [1.82, 2.24) is 20.2 Å². The van der Waals surface area contributed by atoms with E-state index in [1.165, 1.54) is 30.6 Å². The lowest BCUT2D eigenvalue weighted by Crippen LogP contribution is -3.27. The second kappa shape index (κ2) is 8.14. The number of aromatic nitrogens is 4. The zero-order valence-electron chi connectivity index (χ0n) is 16.1. The molecule has 1 saturated carbocycles. The molecule has 0 radical (unpaired) electrons. The van der Waals surface area contributed by atoms with E-state index in [0.29, 0.717) is 6.04 Å². The van der Waals surface area contributed by atoms with Crippen molar-refractivity contribution < 1.29 is 14.2 Å². The van der Waals surface area contributed by atoms with Crippen LogP contribution in [0.4, 0.5) is 0 Å². The Morgan fingerprint density at radius 1 is 1.14 bits per heavy atom. The van der Waals surface area contributed by atoms with Crippen molar-refractivity contribution in [3.63, 3.8) is 0 Å². The number of piperazine rings is 1. The van der Waals surface area contributed by atoms with E-state index in [9.17, 15) is 0 Å². The van der Waals surface area contributed by atoms with Gasteiger partial charge in [0.25, 0.3) is 0 Å². The van der Waals surface area contributed by atoms with E-state index in [-0.39, 0.29) is 6.04 Å². The van der Waals surface area contributed by atoms with Crippen molar-refractivity contribution in [2.24, 2.45) is 0 Å². The maximum atomic E-state index is 5.55. The van der Waals surface area contributed by atoms with Crippen LogP contribution in [0.15, 0.2) is 40.3 Å². The predicted molar refractivity (Wildman–Crippen MR) is 105 cm³/mol. The number of hydrogen-bond donors (Lipinski definition) is 2. The Morgan fingerprint density at radius 3 is 2.71 bits per heavy atom. The lowest BCUT2D eigenvalue weighted by atomic mass is 10.1. The molecule has 2 aliphatic rings. The summed E-state index contributed by atoms with van der Waals surface area (Å²) < 4.78 is 7.69. The molecular weight excluding hydrogens is 372 g/mol. The Hall–Kier alpha value is -2.03. The minimum atomic E-state index is 0.237. The standard InChI is InChI=1S/C20H26N6OS/c1-2-6-16(5-1)26-20(21-22-23-26)19(18-8-4-14-28-18)25-11-9-24(10-12-25)15-17-7-3-13-27-17/h3-4,7-8,13-14,16,19H,1-2,5-6,9-12,15H2/p+2/t19-/m0/s1. The van der Waals surface area contributed by atoms with E-state index in [1.807, 2.05) is 17.4 Å². The Morgan fingerprint density at radius 2 is 2.00 bits per heavy atom. The minimum absolute atomic E-state index is 0.237. The highest BCUT2D eigenvalue weighted by atomic mass is 32.1. The summed E-state index contributed by atoms with van der Waals surface area (Å²) in [6, 6.07) is 9.16. The molecule has 3 aromatic rings. The number of quaternary nitrogens is 2. The highest BCUT2D eigenvalue weighted by molar-refractivity contribution is 7.10. The largest absolute Gasteiger partial charge is 0.463 e. The molecule has 0 amide bonds. The average Bonchev–Trinajstić information content (AvgIpc) is 3.51. The topological polar surface area (TPSA) is 65.6 Å². The summed E-state index contributed by atoms with van der Waals surface area (Å²) in [7, 11) is 0. The lowest BCUT2D eigenvalue weighted by Gasteiger charge is -2.33. The van der Waals surface area contributed by atoms with Crippen LogP contribution in [-0.2, 0) is 6.54 Å². The molecule has 4 heterocycles. The van der Waals surface area contributed by atoms with Crippen molar-refractivity contribution in [3.8, 4) is 0 Å². The monoisotopic (exact) mass is 400 g/mol. The zero-order valence-corrected chi connectivity index (χ0v) is 16.9. The molecule has 5 rings (SSSR count). The zero-order chi connectivity index (χ0) is 18.8. The maximum Gasteiger partial charge on any atom is 0.215 e. The molecule has 0 unspecified atom stereocenters. The van der Waals surface area contributed by atoms with Gasteiger partial charge in [-0.25, -0.2) is 4.68 Å². The van der Waals surface area contributed by atoms with Crippen molar-refractivity contribution >= 4 is 11.3 Å². The molecule has 2 N–H and O–H groups in total. The van der Waals surface area contributed by atoms with Gasteiger partial charge in [-0.05, 0) is 46.8 Å². The molecule has 1 aliphatic heterocycles. The van der Waals surface area contributed by atoms with E-state index in [2.05, 4.69) is 43.8 Å². The number of hydrogen-bond acceptors (Lipinski definition) is 5. The second-order valence-electron chi connectivity index (χ2n) is 8.03. The summed E-state index contributed by atoms with van der Waals surface area (Å²) >= 11 is 1.83. The summed E-state index contributed by atoms with van der Waals surface area (Å²) in [5, 5.41) is 15.2. The third-order valence-electron chi connectivity index (χ3n) is 6.29. The molecule has 7 nitrogen and oxygen atoms in total. The number of rotatable bonds is 6. The highest BCUT2D eigenvalue weighted by Gasteiger charge is 2.37. The Labute approximate surface area is 168 Å². The van der Waals surface area contributed by atoms with Crippen LogP contribution in [0.2, 0.25) is 0 Å². The fraction of sp³-hybridized carbons (Fsp3) is 0.550. The van der Waals surface area contributed by atoms with E-state index in [4.69, 9.17) is 4.42 Å². The third-order valence-corrected chi connectivity index (χ3v) is 7.22. The Kier molecular flexibility index (Phi) is 5.24. The smallest absolute Gasteiger partial charge is 0.215 e. The first-order valence-electron chi connectivity index (χ1n) is 10.4. The molecule has 1 aliphatic carbocycles. The highest BCUT2D eigenvalue weighted by Crippen LogP contribution is 2.31. The molecule has 3 aromatic heterocycles. The van der Waals surface area contributed by atoms with Gasteiger partial charge in [0.05, 0.1) is 17.2 Å². The van der Waals surface area contributed by atoms with Crippen LogP contribution in [0.1, 0.15) is 54.2 Å². The minimum Gasteiger partial charge on any atom is -0.463 e. The quantitative estimate of drug-likeness (QED) is 0.633. The average molecular weight is 401 g/mol. The number of nitrogens with one attached hydrogen (secondary N) is 2. The summed E-state index contributed by atoms with van der Waals surface area (Å²) in [5.41, 5.74) is 0. The van der Waals surface area contributed by atoms with E-state index >= 15 is 0 Å².